The van der Waals surface area contributed by atoms with Gasteiger partial charge in [0.05, 0.1) is 11.7 Å². The SMILES string of the molecule is C[C@H](/C=C/CC(C)(C)O)[C@H]1CC[C@@]2(C)[C@@H]3CCC4C(C)(C)[C@H](O)CC[C@@]45C[C@@]35CC[C@]12C. The molecule has 0 heterocycles. The van der Waals surface area contributed by atoms with Crippen molar-refractivity contribution in [2.75, 3.05) is 0 Å². The van der Waals surface area contributed by atoms with Crippen molar-refractivity contribution in [3.63, 3.8) is 0 Å². The van der Waals surface area contributed by atoms with Crippen molar-refractivity contribution in [3.8, 4) is 0 Å². The Hall–Kier alpha value is -0.340. The molecule has 9 atom stereocenters. The van der Waals surface area contributed by atoms with E-state index in [1.54, 1.807) is 0 Å². The fourth-order valence-electron chi connectivity index (χ4n) is 10.9. The lowest BCUT2D eigenvalue weighted by atomic mass is 9.42. The normalized spacial score (nSPS) is 52.7. The van der Waals surface area contributed by atoms with E-state index in [0.29, 0.717) is 27.6 Å². The maximum Gasteiger partial charge on any atom is 0.0626 e. The highest BCUT2D eigenvalue weighted by molar-refractivity contribution is 5.30. The molecule has 5 fully saturated rings. The second-order valence-electron chi connectivity index (χ2n) is 14.8. The van der Waals surface area contributed by atoms with Crippen LogP contribution >= 0.6 is 0 Å². The molecule has 5 aliphatic rings. The Bertz CT molecular complexity index is 791. The standard InChI is InChI=1S/C30H50O2/c1-20(9-8-14-25(2,3)32)21-12-15-28(7)23-11-10-22-26(4,5)24(31)13-16-29(22)19-30(23,29)18-17-27(21,28)6/h8-9,20-24,31-32H,10-19H2,1-7H3/b9-8+/t20-,21-,22?,23+,24-,27-,28+,29-,30+/m1/s1. The van der Waals surface area contributed by atoms with Gasteiger partial charge < -0.3 is 10.2 Å². The fraction of sp³-hybridized carbons (Fsp3) is 0.933. The molecule has 5 aliphatic carbocycles. The van der Waals surface area contributed by atoms with Crippen LogP contribution < -0.4 is 0 Å². The summed E-state index contributed by atoms with van der Waals surface area (Å²) >= 11 is 0. The molecule has 0 saturated heterocycles. The predicted molar refractivity (Wildman–Crippen MR) is 132 cm³/mol. The van der Waals surface area contributed by atoms with E-state index in [-0.39, 0.29) is 11.5 Å². The molecule has 2 N–H and O–H groups in total. The van der Waals surface area contributed by atoms with E-state index in [0.717, 1.165) is 30.6 Å². The minimum atomic E-state index is -0.609. The largest absolute Gasteiger partial charge is 0.393 e. The Morgan fingerprint density at radius 1 is 0.875 bits per heavy atom. The zero-order valence-electron chi connectivity index (χ0n) is 22.0. The van der Waals surface area contributed by atoms with Gasteiger partial charge in [-0.1, -0.05) is 46.8 Å². The Kier molecular flexibility index (Phi) is 5.02. The number of rotatable bonds is 4. The fourth-order valence-corrected chi connectivity index (χ4v) is 10.9. The first-order valence-corrected chi connectivity index (χ1v) is 13.8. The summed E-state index contributed by atoms with van der Waals surface area (Å²) in [4.78, 5) is 0. The van der Waals surface area contributed by atoms with Crippen LogP contribution in [-0.2, 0) is 0 Å². The van der Waals surface area contributed by atoms with Gasteiger partial charge in [0.2, 0.25) is 0 Å². The first-order valence-electron chi connectivity index (χ1n) is 13.8. The molecule has 0 aromatic rings. The number of fused-ring (bicyclic) bond motifs is 2. The Morgan fingerprint density at radius 2 is 1.53 bits per heavy atom. The maximum absolute atomic E-state index is 10.8. The molecular weight excluding hydrogens is 392 g/mol. The first kappa shape index (κ1) is 23.4. The van der Waals surface area contributed by atoms with Crippen molar-refractivity contribution in [2.24, 2.45) is 50.7 Å². The second kappa shape index (κ2) is 6.87. The van der Waals surface area contributed by atoms with E-state index in [4.69, 9.17) is 0 Å². The zero-order chi connectivity index (χ0) is 23.4. The maximum atomic E-state index is 10.8. The Morgan fingerprint density at radius 3 is 2.22 bits per heavy atom. The molecule has 0 amide bonds. The lowest BCUT2D eigenvalue weighted by Crippen LogP contribution is -2.57. The van der Waals surface area contributed by atoms with Gasteiger partial charge >= 0.3 is 0 Å². The lowest BCUT2D eigenvalue weighted by Gasteiger charge is -2.63. The summed E-state index contributed by atoms with van der Waals surface area (Å²) in [5, 5.41) is 21.0. The van der Waals surface area contributed by atoms with Crippen molar-refractivity contribution in [1.82, 2.24) is 0 Å². The molecule has 5 saturated carbocycles. The lowest BCUT2D eigenvalue weighted by molar-refractivity contribution is -0.160. The van der Waals surface area contributed by atoms with Crippen LogP contribution in [0.15, 0.2) is 12.2 Å². The minimum absolute atomic E-state index is 0.0897. The van der Waals surface area contributed by atoms with Crippen molar-refractivity contribution >= 4 is 0 Å². The highest BCUT2D eigenvalue weighted by atomic mass is 16.3. The van der Waals surface area contributed by atoms with Gasteiger partial charge in [0.25, 0.3) is 0 Å². The molecule has 32 heavy (non-hydrogen) atoms. The van der Waals surface area contributed by atoms with Crippen LogP contribution in [0, 0.1) is 50.7 Å². The molecule has 0 aliphatic heterocycles. The van der Waals surface area contributed by atoms with E-state index in [2.05, 4.69) is 46.8 Å². The van der Waals surface area contributed by atoms with Crippen LogP contribution in [-0.4, -0.2) is 21.9 Å². The number of allylic oxidation sites excluding steroid dienone is 1. The molecule has 1 unspecified atom stereocenters. The smallest absolute Gasteiger partial charge is 0.0626 e. The van der Waals surface area contributed by atoms with Gasteiger partial charge in [-0.25, -0.2) is 0 Å². The molecule has 2 spiro atoms. The molecule has 0 aromatic heterocycles. The summed E-state index contributed by atoms with van der Waals surface area (Å²) in [5.41, 5.74) is 1.49. The van der Waals surface area contributed by atoms with Crippen molar-refractivity contribution < 1.29 is 10.2 Å². The van der Waals surface area contributed by atoms with Crippen LogP contribution in [0.1, 0.15) is 113 Å². The van der Waals surface area contributed by atoms with Crippen LogP contribution in [0.25, 0.3) is 0 Å². The number of hydrogen-bond acceptors (Lipinski definition) is 2. The summed E-state index contributed by atoms with van der Waals surface area (Å²) in [7, 11) is 0. The van der Waals surface area contributed by atoms with Crippen LogP contribution in [0.4, 0.5) is 0 Å². The molecule has 0 radical (unpaired) electrons. The van der Waals surface area contributed by atoms with E-state index in [9.17, 15) is 10.2 Å². The molecule has 0 aromatic carbocycles. The van der Waals surface area contributed by atoms with E-state index in [1.807, 2.05) is 13.8 Å². The van der Waals surface area contributed by atoms with Crippen LogP contribution in [0.5, 0.6) is 0 Å². The van der Waals surface area contributed by atoms with E-state index < -0.39 is 5.60 Å². The number of aliphatic hydroxyl groups excluding tert-OH is 1. The first-order chi connectivity index (χ1) is 14.7. The average Bonchev–Trinajstić information content (AvgIpc) is 3.27. The summed E-state index contributed by atoms with van der Waals surface area (Å²) < 4.78 is 0. The van der Waals surface area contributed by atoms with E-state index >= 15 is 0 Å². The van der Waals surface area contributed by atoms with Crippen LogP contribution in [0.2, 0.25) is 0 Å². The molecule has 0 bridgehead atoms. The molecule has 182 valence electrons. The topological polar surface area (TPSA) is 40.5 Å². The van der Waals surface area contributed by atoms with Gasteiger partial charge in [-0.2, -0.15) is 0 Å². The van der Waals surface area contributed by atoms with Gasteiger partial charge in [0.1, 0.15) is 0 Å². The van der Waals surface area contributed by atoms with Crippen molar-refractivity contribution in [1.29, 1.82) is 0 Å². The third-order valence-electron chi connectivity index (χ3n) is 12.8. The monoisotopic (exact) mass is 442 g/mol. The molecule has 2 nitrogen and oxygen atoms in total. The highest BCUT2D eigenvalue weighted by Crippen LogP contribution is 2.89. The predicted octanol–water partition coefficient (Wildman–Crippen LogP) is 7.14. The van der Waals surface area contributed by atoms with Gasteiger partial charge in [-0.05, 0) is 129 Å². The summed E-state index contributed by atoms with van der Waals surface area (Å²) in [6.45, 7) is 16.4. The summed E-state index contributed by atoms with van der Waals surface area (Å²) in [5.74, 6) is 2.96. The van der Waals surface area contributed by atoms with Crippen molar-refractivity contribution in [3.05, 3.63) is 12.2 Å². The summed E-state index contributed by atoms with van der Waals surface area (Å²) in [6.07, 6.45) is 17.4. The Labute approximate surface area is 197 Å². The molecule has 5 rings (SSSR count). The van der Waals surface area contributed by atoms with Gasteiger partial charge in [0, 0.05) is 0 Å². The van der Waals surface area contributed by atoms with Gasteiger partial charge in [-0.3, -0.25) is 0 Å². The van der Waals surface area contributed by atoms with Gasteiger partial charge in [0.15, 0.2) is 0 Å². The van der Waals surface area contributed by atoms with Gasteiger partial charge in [-0.15, -0.1) is 0 Å². The van der Waals surface area contributed by atoms with E-state index in [1.165, 1.54) is 51.4 Å². The minimum Gasteiger partial charge on any atom is -0.393 e. The van der Waals surface area contributed by atoms with Crippen molar-refractivity contribution in [2.45, 2.75) is 124 Å². The average molecular weight is 443 g/mol. The zero-order valence-corrected chi connectivity index (χ0v) is 22.0. The molecular formula is C30H50O2. The molecule has 2 heteroatoms. The number of hydrogen-bond donors (Lipinski definition) is 2. The summed E-state index contributed by atoms with van der Waals surface area (Å²) in [6, 6.07) is 0. The quantitative estimate of drug-likeness (QED) is 0.454. The van der Waals surface area contributed by atoms with Crippen LogP contribution in [0.3, 0.4) is 0 Å². The number of aliphatic hydroxyl groups is 2. The third-order valence-corrected chi connectivity index (χ3v) is 12.8. The Balaban J connectivity index is 1.40. The third kappa shape index (κ3) is 2.84. The second-order valence-corrected chi connectivity index (χ2v) is 14.8. The highest BCUT2D eigenvalue weighted by Gasteiger charge is 2.82.